The number of rotatable bonds is 4. The van der Waals surface area contributed by atoms with Gasteiger partial charge in [-0.15, -0.1) is 11.8 Å². The van der Waals surface area contributed by atoms with Crippen LogP contribution in [0.15, 0.2) is 35.5 Å². The number of fused-ring (bicyclic) bond motifs is 1. The Kier molecular flexibility index (Phi) is 5.22. The fraction of sp³-hybridized carbons (Fsp3) is 0.176. The van der Waals surface area contributed by atoms with Crippen molar-refractivity contribution in [3.63, 3.8) is 0 Å². The van der Waals surface area contributed by atoms with Gasteiger partial charge in [0.05, 0.1) is 38.1 Å². The Morgan fingerprint density at radius 1 is 1.15 bits per heavy atom. The lowest BCUT2D eigenvalue weighted by molar-refractivity contribution is -0.119. The molecular weight excluding hydrogens is 397 g/mol. The van der Waals surface area contributed by atoms with Crippen LogP contribution in [0.5, 0.6) is 0 Å². The zero-order valence-corrected chi connectivity index (χ0v) is 16.1. The highest BCUT2D eigenvalue weighted by Gasteiger charge is 2.41. The van der Waals surface area contributed by atoms with Crippen molar-refractivity contribution in [3.8, 4) is 0 Å². The van der Waals surface area contributed by atoms with Gasteiger partial charge in [-0.05, 0) is 37.4 Å². The molecule has 0 saturated carbocycles. The summed E-state index contributed by atoms with van der Waals surface area (Å²) in [5, 5.41) is 3.81. The molecule has 1 N–H and O–H groups in total. The Labute approximate surface area is 163 Å². The molecule has 26 heavy (non-hydrogen) atoms. The van der Waals surface area contributed by atoms with Crippen molar-refractivity contribution in [1.82, 2.24) is 9.88 Å². The average Bonchev–Trinajstić information content (AvgIpc) is 2.86. The number of aromatic nitrogens is 1. The minimum absolute atomic E-state index is 0.134. The molecule has 1 aromatic carbocycles. The molecule has 2 aromatic rings. The van der Waals surface area contributed by atoms with Gasteiger partial charge < -0.3 is 5.32 Å². The molecule has 1 aromatic heterocycles. The second kappa shape index (κ2) is 7.26. The van der Waals surface area contributed by atoms with Crippen molar-refractivity contribution in [1.29, 1.82) is 0 Å². The minimum atomic E-state index is -1.01. The minimum Gasteiger partial charge on any atom is -0.323 e. The van der Waals surface area contributed by atoms with Crippen LogP contribution in [0.3, 0.4) is 0 Å². The van der Waals surface area contributed by atoms with E-state index in [1.165, 1.54) is 37.0 Å². The van der Waals surface area contributed by atoms with E-state index in [1.54, 1.807) is 12.1 Å². The maximum atomic E-state index is 12.6. The van der Waals surface area contributed by atoms with Crippen LogP contribution < -0.4 is 5.32 Å². The first-order valence-corrected chi connectivity index (χ1v) is 9.49. The van der Waals surface area contributed by atoms with Crippen LogP contribution in [0.4, 0.5) is 5.69 Å². The molecule has 6 nitrogen and oxygen atoms in total. The molecule has 2 heterocycles. The predicted octanol–water partition coefficient (Wildman–Crippen LogP) is 3.73. The SMILES string of the molecule is CSc1ccc(NC(=O)C(C)N2C(=O)c3cc(Cl)c(Cl)cc3C2=O)cn1. The maximum absolute atomic E-state index is 12.6. The van der Waals surface area contributed by atoms with Crippen LogP contribution >= 0.6 is 35.0 Å². The summed E-state index contributed by atoms with van der Waals surface area (Å²) in [7, 11) is 0. The number of nitrogens with zero attached hydrogens (tertiary/aromatic N) is 2. The zero-order valence-electron chi connectivity index (χ0n) is 13.7. The summed E-state index contributed by atoms with van der Waals surface area (Å²) in [6.45, 7) is 1.48. The topological polar surface area (TPSA) is 79.4 Å². The first-order chi connectivity index (χ1) is 12.3. The van der Waals surface area contributed by atoms with E-state index in [9.17, 15) is 14.4 Å². The van der Waals surface area contributed by atoms with Crippen molar-refractivity contribution in [2.45, 2.75) is 18.0 Å². The quantitative estimate of drug-likeness (QED) is 0.614. The Bertz CT molecular complexity index is 877. The number of carbonyl (C=O) groups is 3. The van der Waals surface area contributed by atoms with E-state index < -0.39 is 23.8 Å². The van der Waals surface area contributed by atoms with E-state index in [2.05, 4.69) is 10.3 Å². The molecular formula is C17H13Cl2N3O3S. The smallest absolute Gasteiger partial charge is 0.262 e. The number of benzene rings is 1. The average molecular weight is 410 g/mol. The van der Waals surface area contributed by atoms with E-state index >= 15 is 0 Å². The number of pyridine rings is 1. The first-order valence-electron chi connectivity index (χ1n) is 7.51. The van der Waals surface area contributed by atoms with Crippen LogP contribution in [0.2, 0.25) is 10.0 Å². The predicted molar refractivity (Wildman–Crippen MR) is 101 cm³/mol. The number of nitrogens with one attached hydrogen (secondary N) is 1. The first kappa shape index (κ1) is 18.7. The third-order valence-corrected chi connectivity index (χ3v) is 5.32. The largest absolute Gasteiger partial charge is 0.323 e. The summed E-state index contributed by atoms with van der Waals surface area (Å²) in [5.41, 5.74) is 0.743. The Morgan fingerprint density at radius 3 is 2.19 bits per heavy atom. The van der Waals surface area contributed by atoms with Gasteiger partial charge in [-0.25, -0.2) is 4.98 Å². The number of amides is 3. The van der Waals surface area contributed by atoms with E-state index in [-0.39, 0.29) is 21.2 Å². The third-order valence-electron chi connectivity index (χ3n) is 3.94. The van der Waals surface area contributed by atoms with Gasteiger partial charge in [-0.1, -0.05) is 23.2 Å². The normalized spacial score (nSPS) is 14.4. The highest BCUT2D eigenvalue weighted by molar-refractivity contribution is 7.98. The van der Waals surface area contributed by atoms with Crippen molar-refractivity contribution >= 4 is 58.4 Å². The lowest BCUT2D eigenvalue weighted by atomic mass is 10.1. The van der Waals surface area contributed by atoms with Crippen LogP contribution in [0.1, 0.15) is 27.6 Å². The summed E-state index contributed by atoms with van der Waals surface area (Å²) in [6, 6.07) is 5.13. The Hall–Kier alpha value is -2.09. The monoisotopic (exact) mass is 409 g/mol. The fourth-order valence-electron chi connectivity index (χ4n) is 2.54. The van der Waals surface area contributed by atoms with Crippen molar-refractivity contribution in [2.75, 3.05) is 11.6 Å². The van der Waals surface area contributed by atoms with Gasteiger partial charge in [-0.3, -0.25) is 19.3 Å². The highest BCUT2D eigenvalue weighted by Crippen LogP contribution is 2.32. The lowest BCUT2D eigenvalue weighted by Crippen LogP contribution is -2.45. The third kappa shape index (κ3) is 3.30. The van der Waals surface area contributed by atoms with Crippen LogP contribution in [0.25, 0.3) is 0 Å². The fourth-order valence-corrected chi connectivity index (χ4v) is 3.23. The van der Waals surface area contributed by atoms with Crippen LogP contribution in [-0.2, 0) is 4.79 Å². The van der Waals surface area contributed by atoms with Gasteiger partial charge in [0, 0.05) is 0 Å². The number of imide groups is 1. The van der Waals surface area contributed by atoms with Gasteiger partial charge in [0.15, 0.2) is 0 Å². The van der Waals surface area contributed by atoms with Gasteiger partial charge in [-0.2, -0.15) is 0 Å². The Morgan fingerprint density at radius 2 is 1.73 bits per heavy atom. The molecule has 1 atom stereocenters. The molecule has 0 saturated heterocycles. The van der Waals surface area contributed by atoms with Crippen molar-refractivity contribution in [3.05, 3.63) is 51.6 Å². The number of anilines is 1. The molecule has 0 bridgehead atoms. The maximum Gasteiger partial charge on any atom is 0.262 e. The van der Waals surface area contributed by atoms with E-state index in [0.29, 0.717) is 5.69 Å². The number of halogens is 2. The number of thioether (sulfide) groups is 1. The summed E-state index contributed by atoms with van der Waals surface area (Å²) in [4.78, 5) is 42.7. The summed E-state index contributed by atoms with van der Waals surface area (Å²) < 4.78 is 0. The lowest BCUT2D eigenvalue weighted by Gasteiger charge is -2.21. The number of hydrogen-bond acceptors (Lipinski definition) is 5. The van der Waals surface area contributed by atoms with E-state index in [0.717, 1.165) is 9.93 Å². The Balaban J connectivity index is 1.81. The molecule has 1 unspecified atom stereocenters. The number of hydrogen-bond donors (Lipinski definition) is 1. The second-order valence-electron chi connectivity index (χ2n) is 5.55. The van der Waals surface area contributed by atoms with Crippen molar-refractivity contribution in [2.24, 2.45) is 0 Å². The molecule has 3 rings (SSSR count). The molecule has 134 valence electrons. The van der Waals surface area contributed by atoms with E-state index in [4.69, 9.17) is 23.2 Å². The van der Waals surface area contributed by atoms with Gasteiger partial charge in [0.2, 0.25) is 5.91 Å². The molecule has 1 aliphatic heterocycles. The van der Waals surface area contributed by atoms with Gasteiger partial charge >= 0.3 is 0 Å². The molecule has 0 aliphatic carbocycles. The molecule has 3 amide bonds. The van der Waals surface area contributed by atoms with Gasteiger partial charge in [0.1, 0.15) is 6.04 Å². The second-order valence-corrected chi connectivity index (χ2v) is 7.19. The zero-order chi connectivity index (χ0) is 19.0. The standard InChI is InChI=1S/C17H13Cl2N3O3S/c1-8(15(23)21-9-3-4-14(26-2)20-7-9)22-16(24)10-5-12(18)13(19)6-11(10)17(22)25/h3-8H,1-2H3,(H,21,23). The summed E-state index contributed by atoms with van der Waals surface area (Å²) in [6.07, 6.45) is 3.40. The van der Waals surface area contributed by atoms with E-state index in [1.807, 2.05) is 6.26 Å². The van der Waals surface area contributed by atoms with Crippen molar-refractivity contribution < 1.29 is 14.4 Å². The van der Waals surface area contributed by atoms with Crippen LogP contribution in [-0.4, -0.2) is 39.9 Å². The summed E-state index contributed by atoms with van der Waals surface area (Å²) in [5.74, 6) is -1.67. The molecule has 0 fully saturated rings. The summed E-state index contributed by atoms with van der Waals surface area (Å²) >= 11 is 13.3. The molecule has 0 spiro atoms. The molecule has 1 aliphatic rings. The molecule has 9 heteroatoms. The number of carbonyl (C=O) groups excluding carboxylic acids is 3. The molecule has 0 radical (unpaired) electrons. The van der Waals surface area contributed by atoms with Crippen LogP contribution in [0, 0.1) is 0 Å². The highest BCUT2D eigenvalue weighted by atomic mass is 35.5. The van der Waals surface area contributed by atoms with Gasteiger partial charge in [0.25, 0.3) is 11.8 Å².